The minimum Gasteiger partial charge on any atom is -0.351 e. The Morgan fingerprint density at radius 2 is 2.15 bits per heavy atom. The number of H-pyrrole nitrogens is 1. The molecule has 0 spiro atoms. The predicted octanol–water partition coefficient (Wildman–Crippen LogP) is 2.06. The van der Waals surface area contributed by atoms with Crippen molar-refractivity contribution in [1.82, 2.24) is 19.7 Å². The summed E-state index contributed by atoms with van der Waals surface area (Å²) in [5.41, 5.74) is 3.90. The van der Waals surface area contributed by atoms with Gasteiger partial charge < -0.3 is 9.88 Å². The standard InChI is InChI=1S/C15H14N4O/c1-18-14-9-19(8-11(14)7-16-18)15(20)13-6-10-4-2-3-5-12(10)17-13/h2-7,17H,8-9H2,1H3. The fourth-order valence-corrected chi connectivity index (χ4v) is 2.79. The Bertz CT molecular complexity index is 781. The summed E-state index contributed by atoms with van der Waals surface area (Å²) in [6.07, 6.45) is 1.84. The zero-order chi connectivity index (χ0) is 13.7. The van der Waals surface area contributed by atoms with E-state index in [2.05, 4.69) is 10.1 Å². The highest BCUT2D eigenvalue weighted by molar-refractivity contribution is 5.98. The van der Waals surface area contributed by atoms with Gasteiger partial charge in [-0.25, -0.2) is 0 Å². The van der Waals surface area contributed by atoms with Crippen molar-refractivity contribution in [3.05, 3.63) is 53.5 Å². The molecule has 1 aliphatic rings. The molecule has 0 radical (unpaired) electrons. The maximum absolute atomic E-state index is 12.6. The third-order valence-corrected chi connectivity index (χ3v) is 3.90. The van der Waals surface area contributed by atoms with Crippen LogP contribution >= 0.6 is 0 Å². The summed E-state index contributed by atoms with van der Waals surface area (Å²) in [6, 6.07) is 9.84. The molecule has 1 aromatic carbocycles. The largest absolute Gasteiger partial charge is 0.351 e. The van der Waals surface area contributed by atoms with Crippen LogP contribution in [0.1, 0.15) is 21.7 Å². The molecule has 5 nitrogen and oxygen atoms in total. The molecule has 100 valence electrons. The number of aryl methyl sites for hydroxylation is 1. The highest BCUT2D eigenvalue weighted by atomic mass is 16.2. The van der Waals surface area contributed by atoms with Crippen LogP contribution in [0.15, 0.2) is 36.5 Å². The van der Waals surface area contributed by atoms with E-state index in [1.165, 1.54) is 0 Å². The number of aromatic nitrogens is 3. The second kappa shape index (κ2) is 3.96. The Kier molecular flexibility index (Phi) is 2.24. The normalized spacial score (nSPS) is 13.9. The molecule has 1 N–H and O–H groups in total. The average Bonchev–Trinajstić information content (AvgIpc) is 3.13. The highest BCUT2D eigenvalue weighted by Crippen LogP contribution is 2.24. The van der Waals surface area contributed by atoms with Gasteiger partial charge in [0.05, 0.1) is 18.4 Å². The van der Waals surface area contributed by atoms with Crippen LogP contribution in [0.25, 0.3) is 10.9 Å². The highest BCUT2D eigenvalue weighted by Gasteiger charge is 2.27. The van der Waals surface area contributed by atoms with Gasteiger partial charge in [-0.2, -0.15) is 5.10 Å². The molecule has 3 aromatic rings. The summed E-state index contributed by atoms with van der Waals surface area (Å²) in [5.74, 6) is 0.0393. The van der Waals surface area contributed by atoms with Gasteiger partial charge in [-0.1, -0.05) is 18.2 Å². The van der Waals surface area contributed by atoms with Crippen molar-refractivity contribution in [1.29, 1.82) is 0 Å². The van der Waals surface area contributed by atoms with E-state index in [1.54, 1.807) is 0 Å². The molecule has 2 aromatic heterocycles. The molecule has 0 bridgehead atoms. The van der Waals surface area contributed by atoms with Crippen molar-refractivity contribution in [2.45, 2.75) is 13.1 Å². The number of hydrogen-bond acceptors (Lipinski definition) is 2. The number of fused-ring (bicyclic) bond motifs is 2. The Morgan fingerprint density at radius 1 is 1.30 bits per heavy atom. The molecular weight excluding hydrogens is 252 g/mol. The molecule has 5 heteroatoms. The van der Waals surface area contributed by atoms with Crippen molar-refractivity contribution in [2.24, 2.45) is 7.05 Å². The SMILES string of the molecule is Cn1ncc2c1CN(C(=O)c1cc3ccccc3[nH]1)C2. The van der Waals surface area contributed by atoms with E-state index in [4.69, 9.17) is 0 Å². The van der Waals surface area contributed by atoms with Gasteiger partial charge >= 0.3 is 0 Å². The Labute approximate surface area is 115 Å². The summed E-state index contributed by atoms with van der Waals surface area (Å²) < 4.78 is 1.84. The number of benzene rings is 1. The lowest BCUT2D eigenvalue weighted by molar-refractivity contribution is 0.0743. The van der Waals surface area contributed by atoms with E-state index in [0.29, 0.717) is 18.8 Å². The maximum Gasteiger partial charge on any atom is 0.270 e. The molecule has 4 rings (SSSR count). The monoisotopic (exact) mass is 266 g/mol. The number of carbonyl (C=O) groups is 1. The van der Waals surface area contributed by atoms with E-state index in [-0.39, 0.29) is 5.91 Å². The average molecular weight is 266 g/mol. The van der Waals surface area contributed by atoms with E-state index < -0.39 is 0 Å². The fourth-order valence-electron chi connectivity index (χ4n) is 2.79. The van der Waals surface area contributed by atoms with Gasteiger partial charge in [0.2, 0.25) is 0 Å². The first-order chi connectivity index (χ1) is 9.72. The Hall–Kier alpha value is -2.56. The van der Waals surface area contributed by atoms with Gasteiger partial charge in [-0.3, -0.25) is 9.48 Å². The van der Waals surface area contributed by atoms with Crippen LogP contribution < -0.4 is 0 Å². The second-order valence-corrected chi connectivity index (χ2v) is 5.17. The first-order valence-electron chi connectivity index (χ1n) is 6.59. The molecular formula is C15H14N4O. The first kappa shape index (κ1) is 11.3. The number of rotatable bonds is 1. The van der Waals surface area contributed by atoms with Crippen LogP contribution in [-0.4, -0.2) is 25.6 Å². The van der Waals surface area contributed by atoms with Crippen LogP contribution in [0.5, 0.6) is 0 Å². The van der Waals surface area contributed by atoms with Crippen molar-refractivity contribution in [2.75, 3.05) is 0 Å². The number of nitrogens with one attached hydrogen (secondary N) is 1. The minimum atomic E-state index is 0.0393. The number of aromatic amines is 1. The van der Waals surface area contributed by atoms with Gasteiger partial charge in [0.25, 0.3) is 5.91 Å². The first-order valence-corrected chi connectivity index (χ1v) is 6.59. The molecule has 0 fully saturated rings. The van der Waals surface area contributed by atoms with Gasteiger partial charge in [0.15, 0.2) is 0 Å². The van der Waals surface area contributed by atoms with E-state index >= 15 is 0 Å². The summed E-state index contributed by atoms with van der Waals surface area (Å²) in [5, 5.41) is 5.27. The molecule has 20 heavy (non-hydrogen) atoms. The van der Waals surface area contributed by atoms with Gasteiger partial charge in [0, 0.05) is 30.1 Å². The quantitative estimate of drug-likeness (QED) is 0.733. The van der Waals surface area contributed by atoms with Crippen LogP contribution in [0.2, 0.25) is 0 Å². The Balaban J connectivity index is 1.65. The van der Waals surface area contributed by atoms with Crippen LogP contribution in [0.4, 0.5) is 0 Å². The number of para-hydroxylation sites is 1. The summed E-state index contributed by atoms with van der Waals surface area (Å²) in [4.78, 5) is 17.6. The number of amides is 1. The summed E-state index contributed by atoms with van der Waals surface area (Å²) in [6.45, 7) is 1.26. The summed E-state index contributed by atoms with van der Waals surface area (Å²) in [7, 11) is 1.91. The van der Waals surface area contributed by atoms with Gasteiger partial charge in [0.1, 0.15) is 5.69 Å². The maximum atomic E-state index is 12.6. The van der Waals surface area contributed by atoms with Crippen LogP contribution in [-0.2, 0) is 20.1 Å². The molecule has 3 heterocycles. The topological polar surface area (TPSA) is 53.9 Å². The Morgan fingerprint density at radius 3 is 2.95 bits per heavy atom. The smallest absolute Gasteiger partial charge is 0.270 e. The lowest BCUT2D eigenvalue weighted by Crippen LogP contribution is -2.26. The second-order valence-electron chi connectivity index (χ2n) is 5.17. The number of hydrogen-bond donors (Lipinski definition) is 1. The van der Waals surface area contributed by atoms with Gasteiger partial charge in [-0.05, 0) is 12.1 Å². The third-order valence-electron chi connectivity index (χ3n) is 3.90. The van der Waals surface area contributed by atoms with Crippen LogP contribution in [0.3, 0.4) is 0 Å². The molecule has 0 saturated heterocycles. The molecule has 0 atom stereocenters. The van der Waals surface area contributed by atoms with E-state index in [9.17, 15) is 4.79 Å². The minimum absolute atomic E-state index is 0.0393. The number of nitrogens with zero attached hydrogens (tertiary/aromatic N) is 3. The number of carbonyl (C=O) groups excluding carboxylic acids is 1. The predicted molar refractivity (Wildman–Crippen MR) is 75.1 cm³/mol. The zero-order valence-electron chi connectivity index (χ0n) is 11.1. The lowest BCUT2D eigenvalue weighted by atomic mass is 10.2. The molecule has 1 amide bonds. The zero-order valence-corrected chi connectivity index (χ0v) is 11.1. The molecule has 0 aliphatic carbocycles. The van der Waals surface area contributed by atoms with Crippen molar-refractivity contribution >= 4 is 16.8 Å². The van der Waals surface area contributed by atoms with Crippen LogP contribution in [0, 0.1) is 0 Å². The van der Waals surface area contributed by atoms with E-state index in [0.717, 1.165) is 22.2 Å². The molecule has 0 unspecified atom stereocenters. The third kappa shape index (κ3) is 1.56. The molecule has 0 saturated carbocycles. The lowest BCUT2D eigenvalue weighted by Gasteiger charge is -2.14. The fraction of sp³-hybridized carbons (Fsp3) is 0.200. The molecule has 1 aliphatic heterocycles. The van der Waals surface area contributed by atoms with E-state index in [1.807, 2.05) is 53.2 Å². The van der Waals surface area contributed by atoms with Crippen molar-refractivity contribution in [3.63, 3.8) is 0 Å². The van der Waals surface area contributed by atoms with Crippen molar-refractivity contribution < 1.29 is 4.79 Å². The summed E-state index contributed by atoms with van der Waals surface area (Å²) >= 11 is 0. The van der Waals surface area contributed by atoms with Gasteiger partial charge in [-0.15, -0.1) is 0 Å². The van der Waals surface area contributed by atoms with Crippen molar-refractivity contribution in [3.8, 4) is 0 Å².